The van der Waals surface area contributed by atoms with Gasteiger partial charge >= 0.3 is 12.0 Å². The van der Waals surface area contributed by atoms with Gasteiger partial charge in [0.1, 0.15) is 18.8 Å². The first-order valence-corrected chi connectivity index (χ1v) is 9.18. The number of carbonyl (C=O) groups excluding carboxylic acids is 2. The Bertz CT molecular complexity index is 979. The van der Waals surface area contributed by atoms with E-state index >= 15 is 0 Å². The first-order valence-electron chi connectivity index (χ1n) is 8.80. The summed E-state index contributed by atoms with van der Waals surface area (Å²) in [5, 5.41) is 12.3. The molecule has 9 heteroatoms. The second-order valence-electron chi connectivity index (χ2n) is 6.60. The zero-order valence-corrected chi connectivity index (χ0v) is 16.7. The van der Waals surface area contributed by atoms with E-state index in [4.69, 9.17) is 21.4 Å². The molecule has 2 aromatic rings. The van der Waals surface area contributed by atoms with Crippen LogP contribution < -0.4 is 15.0 Å². The molecular weight excluding hydrogens is 398 g/mol. The van der Waals surface area contributed by atoms with Crippen molar-refractivity contribution in [2.45, 2.75) is 13.5 Å². The second kappa shape index (κ2) is 8.40. The molecule has 0 radical (unpaired) electrons. The summed E-state index contributed by atoms with van der Waals surface area (Å²) in [5.41, 5.74) is 2.51. The fraction of sp³-hybridized carbons (Fsp3) is 0.250. The third kappa shape index (κ3) is 4.43. The molecule has 0 atom stereocenters. The van der Waals surface area contributed by atoms with Gasteiger partial charge in [-0.1, -0.05) is 29.8 Å². The van der Waals surface area contributed by atoms with Gasteiger partial charge in [0.25, 0.3) is 0 Å². The van der Waals surface area contributed by atoms with E-state index < -0.39 is 24.5 Å². The number of aliphatic carboxylic acids is 1. The first kappa shape index (κ1) is 20.5. The summed E-state index contributed by atoms with van der Waals surface area (Å²) in [5.74, 6) is -1.15. The molecule has 2 aromatic carbocycles. The number of hydrogen-bond donors (Lipinski definition) is 2. The third-order valence-corrected chi connectivity index (χ3v) is 4.93. The number of anilines is 2. The van der Waals surface area contributed by atoms with E-state index in [1.165, 1.54) is 16.9 Å². The van der Waals surface area contributed by atoms with Crippen molar-refractivity contribution in [1.29, 1.82) is 0 Å². The summed E-state index contributed by atoms with van der Waals surface area (Å²) in [6, 6.07) is 9.81. The first-order chi connectivity index (χ1) is 13.8. The zero-order chi connectivity index (χ0) is 21.1. The molecule has 0 spiro atoms. The molecule has 1 heterocycles. The Kier molecular flexibility index (Phi) is 5.93. The lowest BCUT2D eigenvalue weighted by Gasteiger charge is -2.36. The maximum absolute atomic E-state index is 12.8. The number of para-hydroxylation sites is 1. The van der Waals surface area contributed by atoms with Crippen LogP contribution >= 0.6 is 11.6 Å². The fourth-order valence-electron chi connectivity index (χ4n) is 3.15. The number of methoxy groups -OCH3 is 1. The fourth-order valence-corrected chi connectivity index (χ4v) is 3.31. The molecule has 0 saturated carbocycles. The number of benzene rings is 2. The van der Waals surface area contributed by atoms with Crippen molar-refractivity contribution in [3.63, 3.8) is 0 Å². The van der Waals surface area contributed by atoms with Crippen molar-refractivity contribution in [3.8, 4) is 5.75 Å². The van der Waals surface area contributed by atoms with Gasteiger partial charge in [0.15, 0.2) is 0 Å². The van der Waals surface area contributed by atoms with Gasteiger partial charge in [0, 0.05) is 5.02 Å². The number of rotatable bonds is 6. The normalized spacial score (nSPS) is 13.1. The summed E-state index contributed by atoms with van der Waals surface area (Å²) in [4.78, 5) is 39.0. The predicted molar refractivity (Wildman–Crippen MR) is 109 cm³/mol. The quantitative estimate of drug-likeness (QED) is 0.752. The lowest BCUT2D eigenvalue weighted by Crippen LogP contribution is -2.51. The maximum atomic E-state index is 12.8. The van der Waals surface area contributed by atoms with Gasteiger partial charge in [0.05, 0.1) is 25.0 Å². The largest absolute Gasteiger partial charge is 0.495 e. The molecule has 152 valence electrons. The van der Waals surface area contributed by atoms with Crippen LogP contribution in [0.15, 0.2) is 36.4 Å². The van der Waals surface area contributed by atoms with Crippen LogP contribution in [0.3, 0.4) is 0 Å². The average molecular weight is 418 g/mol. The lowest BCUT2D eigenvalue weighted by molar-refractivity contribution is -0.137. The van der Waals surface area contributed by atoms with Gasteiger partial charge in [-0.2, -0.15) is 0 Å². The Hall–Kier alpha value is -3.26. The van der Waals surface area contributed by atoms with Gasteiger partial charge in [0.2, 0.25) is 5.91 Å². The maximum Gasteiger partial charge on any atom is 0.325 e. The van der Waals surface area contributed by atoms with Gasteiger partial charge in [-0.3, -0.25) is 14.5 Å². The van der Waals surface area contributed by atoms with E-state index in [2.05, 4.69) is 5.32 Å². The zero-order valence-electron chi connectivity index (χ0n) is 15.9. The van der Waals surface area contributed by atoms with Crippen molar-refractivity contribution < 1.29 is 24.2 Å². The van der Waals surface area contributed by atoms with E-state index in [0.29, 0.717) is 22.1 Å². The Morgan fingerprint density at radius 1 is 1.24 bits per heavy atom. The molecule has 0 bridgehead atoms. The van der Waals surface area contributed by atoms with Crippen LogP contribution in [-0.2, 0) is 16.1 Å². The number of fused-ring (bicyclic) bond motifs is 1. The number of carbonyl (C=O) groups is 3. The van der Waals surface area contributed by atoms with Crippen LogP contribution in [0.1, 0.15) is 11.1 Å². The summed E-state index contributed by atoms with van der Waals surface area (Å²) < 4.78 is 5.28. The number of carboxylic acids is 1. The number of nitrogens with one attached hydrogen (secondary N) is 1. The third-order valence-electron chi connectivity index (χ3n) is 4.53. The summed E-state index contributed by atoms with van der Waals surface area (Å²) in [7, 11) is 1.48. The van der Waals surface area contributed by atoms with Crippen LogP contribution in [0.2, 0.25) is 5.02 Å². The van der Waals surface area contributed by atoms with Gasteiger partial charge < -0.3 is 20.1 Å². The summed E-state index contributed by atoms with van der Waals surface area (Å²) in [6.45, 7) is 1.24. The van der Waals surface area contributed by atoms with Crippen LogP contribution in [-0.4, -0.2) is 48.1 Å². The molecule has 29 heavy (non-hydrogen) atoms. The molecule has 2 N–H and O–H groups in total. The molecular formula is C20H20ClN3O5. The van der Waals surface area contributed by atoms with Crippen molar-refractivity contribution >= 4 is 40.9 Å². The monoisotopic (exact) mass is 417 g/mol. The average Bonchev–Trinajstić information content (AvgIpc) is 2.67. The standard InChI is InChI=1S/C20H20ClN3O5/c1-12-7-17(29-2)15(8-14(12)21)22-18(25)10-24-16-6-4-3-5-13(16)9-23(20(24)28)11-19(26)27/h3-8H,9-11H2,1-2H3,(H,22,25)(H,26,27). The van der Waals surface area contributed by atoms with Crippen LogP contribution in [0.4, 0.5) is 16.2 Å². The summed E-state index contributed by atoms with van der Waals surface area (Å²) in [6.07, 6.45) is 0. The number of hydrogen-bond acceptors (Lipinski definition) is 4. The lowest BCUT2D eigenvalue weighted by atomic mass is 10.1. The highest BCUT2D eigenvalue weighted by atomic mass is 35.5. The molecule has 1 aliphatic rings. The molecule has 0 fully saturated rings. The van der Waals surface area contributed by atoms with Gasteiger partial charge in [-0.15, -0.1) is 0 Å². The smallest absolute Gasteiger partial charge is 0.325 e. The van der Waals surface area contributed by atoms with Crippen molar-refractivity contribution in [1.82, 2.24) is 4.90 Å². The second-order valence-corrected chi connectivity index (χ2v) is 7.00. The number of urea groups is 1. The van der Waals surface area contributed by atoms with Crippen LogP contribution in [0, 0.1) is 6.92 Å². The molecule has 8 nitrogen and oxygen atoms in total. The number of carboxylic acid groups (broad SMARTS) is 1. The molecule has 0 aliphatic carbocycles. The molecule has 0 unspecified atom stereocenters. The van der Waals surface area contributed by atoms with Gasteiger partial charge in [-0.05, 0) is 36.2 Å². The molecule has 3 amide bonds. The minimum Gasteiger partial charge on any atom is -0.495 e. The van der Waals surface area contributed by atoms with E-state index in [1.807, 2.05) is 6.92 Å². The highest BCUT2D eigenvalue weighted by molar-refractivity contribution is 6.31. The van der Waals surface area contributed by atoms with Crippen molar-refractivity contribution in [3.05, 3.63) is 52.5 Å². The Labute approximate surface area is 172 Å². The number of halogens is 1. The molecule has 1 aliphatic heterocycles. The summed E-state index contributed by atoms with van der Waals surface area (Å²) >= 11 is 6.14. The van der Waals surface area contributed by atoms with E-state index in [9.17, 15) is 14.4 Å². The Morgan fingerprint density at radius 3 is 2.66 bits per heavy atom. The van der Waals surface area contributed by atoms with E-state index in [-0.39, 0.29) is 13.1 Å². The highest BCUT2D eigenvalue weighted by Gasteiger charge is 2.32. The van der Waals surface area contributed by atoms with Crippen LogP contribution in [0.25, 0.3) is 0 Å². The Morgan fingerprint density at radius 2 is 1.97 bits per heavy atom. The SMILES string of the molecule is COc1cc(C)c(Cl)cc1NC(=O)CN1C(=O)N(CC(=O)O)Cc2ccccc21. The molecule has 0 saturated heterocycles. The van der Waals surface area contributed by atoms with Crippen molar-refractivity contribution in [2.75, 3.05) is 30.4 Å². The van der Waals surface area contributed by atoms with Crippen molar-refractivity contribution in [2.24, 2.45) is 0 Å². The minimum absolute atomic E-state index is 0.167. The number of aryl methyl sites for hydroxylation is 1. The number of ether oxygens (including phenoxy) is 1. The Balaban J connectivity index is 1.84. The topological polar surface area (TPSA) is 99.2 Å². The molecule has 3 rings (SSSR count). The molecule has 0 aromatic heterocycles. The predicted octanol–water partition coefficient (Wildman–Crippen LogP) is 3.12. The highest BCUT2D eigenvalue weighted by Crippen LogP contribution is 2.32. The van der Waals surface area contributed by atoms with E-state index in [1.54, 1.807) is 36.4 Å². The number of amides is 3. The minimum atomic E-state index is -1.12. The van der Waals surface area contributed by atoms with E-state index in [0.717, 1.165) is 11.1 Å². The van der Waals surface area contributed by atoms with Crippen LogP contribution in [0.5, 0.6) is 5.75 Å². The number of nitrogens with zero attached hydrogens (tertiary/aromatic N) is 2. The van der Waals surface area contributed by atoms with Gasteiger partial charge in [-0.25, -0.2) is 4.79 Å².